The van der Waals surface area contributed by atoms with Gasteiger partial charge in [0.25, 0.3) is 0 Å². The number of allylic oxidation sites excluding steroid dienone is 1. The average Bonchev–Trinajstić information content (AvgIpc) is 3.25. The van der Waals surface area contributed by atoms with Crippen LogP contribution in [0.1, 0.15) is 45.2 Å². The van der Waals surface area contributed by atoms with Gasteiger partial charge in [-0.25, -0.2) is 4.98 Å². The van der Waals surface area contributed by atoms with Crippen LogP contribution in [-0.4, -0.2) is 9.97 Å². The number of pyridine rings is 1. The number of aromatic amines is 1. The number of nitrogens with zero attached hydrogens (tertiary/aromatic N) is 1. The van der Waals surface area contributed by atoms with Crippen LogP contribution in [-0.2, 0) is 6.42 Å². The first-order valence-corrected chi connectivity index (χ1v) is 12.8. The van der Waals surface area contributed by atoms with E-state index in [0.717, 1.165) is 40.5 Å². The molecule has 2 heterocycles. The number of fused-ring (bicyclic) bond motifs is 1. The Bertz CT molecular complexity index is 1280. The van der Waals surface area contributed by atoms with Crippen LogP contribution in [0.5, 0.6) is 0 Å². The Kier molecular flexibility index (Phi) is 6.36. The Labute approximate surface area is 208 Å². The van der Waals surface area contributed by atoms with Crippen molar-refractivity contribution in [3.63, 3.8) is 0 Å². The SMILES string of the molecule is C=CC(C)(C)C1CCC(Cc2cc3nc(-c4ccc(-c5ccccc5)cc4)c(Cl)cc3[nH]2)CC1. The molecule has 3 heteroatoms. The summed E-state index contributed by atoms with van der Waals surface area (Å²) in [6, 6.07) is 23.2. The fourth-order valence-corrected chi connectivity index (χ4v) is 5.70. The van der Waals surface area contributed by atoms with Gasteiger partial charge < -0.3 is 4.98 Å². The minimum Gasteiger partial charge on any atom is -0.357 e. The summed E-state index contributed by atoms with van der Waals surface area (Å²) in [5.41, 5.74) is 7.79. The third-order valence-corrected chi connectivity index (χ3v) is 8.10. The normalized spacial score (nSPS) is 18.8. The van der Waals surface area contributed by atoms with Gasteiger partial charge in [0.15, 0.2) is 0 Å². The molecule has 0 radical (unpaired) electrons. The van der Waals surface area contributed by atoms with Crippen LogP contribution < -0.4 is 0 Å². The first-order valence-electron chi connectivity index (χ1n) is 12.4. The molecule has 0 bridgehead atoms. The van der Waals surface area contributed by atoms with E-state index in [2.05, 4.69) is 86.1 Å². The molecule has 2 aromatic carbocycles. The fourth-order valence-electron chi connectivity index (χ4n) is 5.44. The zero-order chi connectivity index (χ0) is 23.7. The maximum Gasteiger partial charge on any atom is 0.0897 e. The monoisotopic (exact) mass is 468 g/mol. The van der Waals surface area contributed by atoms with E-state index in [4.69, 9.17) is 16.6 Å². The molecule has 0 atom stereocenters. The number of hydrogen-bond acceptors (Lipinski definition) is 1. The third-order valence-electron chi connectivity index (χ3n) is 7.81. The van der Waals surface area contributed by atoms with E-state index in [1.165, 1.54) is 42.5 Å². The first-order chi connectivity index (χ1) is 16.4. The van der Waals surface area contributed by atoms with Gasteiger partial charge in [0.05, 0.1) is 21.7 Å². The smallest absolute Gasteiger partial charge is 0.0897 e. The van der Waals surface area contributed by atoms with Crippen LogP contribution >= 0.6 is 11.6 Å². The number of halogens is 1. The molecule has 5 rings (SSSR count). The molecule has 1 saturated carbocycles. The minimum absolute atomic E-state index is 0.239. The number of nitrogens with one attached hydrogen (secondary N) is 1. The molecule has 1 aliphatic carbocycles. The van der Waals surface area contributed by atoms with E-state index >= 15 is 0 Å². The summed E-state index contributed by atoms with van der Waals surface area (Å²) < 4.78 is 0. The predicted molar refractivity (Wildman–Crippen MR) is 145 cm³/mol. The van der Waals surface area contributed by atoms with E-state index in [1.807, 2.05) is 12.1 Å². The summed E-state index contributed by atoms with van der Waals surface area (Å²) in [7, 11) is 0. The largest absolute Gasteiger partial charge is 0.357 e. The van der Waals surface area contributed by atoms with Crippen molar-refractivity contribution in [3.05, 3.63) is 90.1 Å². The number of rotatable bonds is 6. The molecular weight excluding hydrogens is 436 g/mol. The molecule has 174 valence electrons. The van der Waals surface area contributed by atoms with Crippen LogP contribution in [0.2, 0.25) is 5.02 Å². The Morgan fingerprint density at radius 3 is 2.26 bits per heavy atom. The second-order valence-electron chi connectivity index (χ2n) is 10.4. The van der Waals surface area contributed by atoms with Crippen molar-refractivity contribution in [2.75, 3.05) is 0 Å². The second-order valence-corrected chi connectivity index (χ2v) is 10.8. The Morgan fingerprint density at radius 1 is 0.941 bits per heavy atom. The van der Waals surface area contributed by atoms with Crippen molar-refractivity contribution in [2.24, 2.45) is 17.3 Å². The summed E-state index contributed by atoms with van der Waals surface area (Å²) in [4.78, 5) is 8.52. The summed E-state index contributed by atoms with van der Waals surface area (Å²) in [5.74, 6) is 1.48. The van der Waals surface area contributed by atoms with E-state index < -0.39 is 0 Å². The van der Waals surface area contributed by atoms with Crippen LogP contribution in [0.3, 0.4) is 0 Å². The molecule has 0 saturated heterocycles. The van der Waals surface area contributed by atoms with Crippen LogP contribution in [0.15, 0.2) is 79.4 Å². The van der Waals surface area contributed by atoms with Gasteiger partial charge in [0.2, 0.25) is 0 Å². The van der Waals surface area contributed by atoms with Crippen molar-refractivity contribution in [3.8, 4) is 22.4 Å². The number of benzene rings is 2. The van der Waals surface area contributed by atoms with Gasteiger partial charge in [-0.05, 0) is 72.6 Å². The lowest BCUT2D eigenvalue weighted by atomic mass is 9.68. The van der Waals surface area contributed by atoms with Crippen molar-refractivity contribution in [1.29, 1.82) is 0 Å². The van der Waals surface area contributed by atoms with Gasteiger partial charge in [0, 0.05) is 11.3 Å². The zero-order valence-electron chi connectivity index (χ0n) is 20.2. The van der Waals surface area contributed by atoms with Crippen molar-refractivity contribution >= 4 is 22.6 Å². The van der Waals surface area contributed by atoms with Crippen molar-refractivity contribution < 1.29 is 0 Å². The lowest BCUT2D eigenvalue weighted by Gasteiger charge is -2.37. The third kappa shape index (κ3) is 4.70. The molecule has 0 spiro atoms. The lowest BCUT2D eigenvalue weighted by Crippen LogP contribution is -2.27. The van der Waals surface area contributed by atoms with Gasteiger partial charge in [-0.3, -0.25) is 0 Å². The maximum atomic E-state index is 6.68. The van der Waals surface area contributed by atoms with Crippen LogP contribution in [0.4, 0.5) is 0 Å². The van der Waals surface area contributed by atoms with Crippen molar-refractivity contribution in [2.45, 2.75) is 46.0 Å². The summed E-state index contributed by atoms with van der Waals surface area (Å²) in [6.07, 6.45) is 8.36. The zero-order valence-corrected chi connectivity index (χ0v) is 20.9. The summed E-state index contributed by atoms with van der Waals surface area (Å²) in [6.45, 7) is 8.70. The molecular formula is C31H33ClN2. The van der Waals surface area contributed by atoms with Crippen molar-refractivity contribution in [1.82, 2.24) is 9.97 Å². The minimum atomic E-state index is 0.239. The topological polar surface area (TPSA) is 28.7 Å². The quantitative estimate of drug-likeness (QED) is 0.281. The molecule has 1 fully saturated rings. The number of hydrogen-bond donors (Lipinski definition) is 1. The highest BCUT2D eigenvalue weighted by atomic mass is 35.5. The Morgan fingerprint density at radius 2 is 1.59 bits per heavy atom. The van der Waals surface area contributed by atoms with Gasteiger partial charge >= 0.3 is 0 Å². The fraction of sp³-hybridized carbons (Fsp3) is 0.323. The first kappa shape index (κ1) is 22.9. The molecule has 0 aliphatic heterocycles. The van der Waals surface area contributed by atoms with E-state index in [-0.39, 0.29) is 5.41 Å². The van der Waals surface area contributed by atoms with Gasteiger partial charge in [0.1, 0.15) is 0 Å². The van der Waals surface area contributed by atoms with Crippen LogP contribution in [0.25, 0.3) is 33.4 Å². The highest BCUT2D eigenvalue weighted by molar-refractivity contribution is 6.33. The number of aromatic nitrogens is 2. The summed E-state index contributed by atoms with van der Waals surface area (Å²) >= 11 is 6.68. The van der Waals surface area contributed by atoms with Gasteiger partial charge in [-0.2, -0.15) is 0 Å². The summed E-state index contributed by atoms with van der Waals surface area (Å²) in [5, 5.41) is 0.681. The second kappa shape index (κ2) is 9.43. The van der Waals surface area contributed by atoms with E-state index in [1.54, 1.807) is 0 Å². The molecule has 1 aliphatic rings. The van der Waals surface area contributed by atoms with E-state index in [0.29, 0.717) is 5.02 Å². The maximum absolute atomic E-state index is 6.68. The Hall–Kier alpha value is -2.84. The highest BCUT2D eigenvalue weighted by Crippen LogP contribution is 2.42. The van der Waals surface area contributed by atoms with Crippen LogP contribution in [0, 0.1) is 17.3 Å². The standard InChI is InChI=1S/C31H33ClN2/c1-4-31(2,3)25-16-10-21(11-17-25)18-26-19-28-29(33-26)20-27(32)30(34-28)24-14-12-23(13-15-24)22-8-6-5-7-9-22/h4-9,12-15,19-21,25,33H,1,10-11,16-18H2,2-3H3. The lowest BCUT2D eigenvalue weighted by molar-refractivity contribution is 0.173. The molecule has 2 aromatic heterocycles. The average molecular weight is 469 g/mol. The highest BCUT2D eigenvalue weighted by Gasteiger charge is 2.31. The molecule has 0 amide bonds. The predicted octanol–water partition coefficient (Wildman–Crippen LogP) is 9.11. The molecule has 1 N–H and O–H groups in total. The molecule has 0 unspecified atom stereocenters. The Balaban J connectivity index is 1.32. The van der Waals surface area contributed by atoms with Gasteiger partial charge in [-0.15, -0.1) is 6.58 Å². The molecule has 2 nitrogen and oxygen atoms in total. The molecule has 4 aromatic rings. The van der Waals surface area contributed by atoms with Gasteiger partial charge in [-0.1, -0.05) is 86.1 Å². The van der Waals surface area contributed by atoms with E-state index in [9.17, 15) is 0 Å². The number of H-pyrrole nitrogens is 1. The molecule has 34 heavy (non-hydrogen) atoms.